The highest BCUT2D eigenvalue weighted by molar-refractivity contribution is 7.89. The standard InChI is InChI=1S/C12H18N2O6S/c1-20-7-5-14(4-6-15)21(18,19)11-8-9(13)2-3-10(11)12(16)17/h2-3,8,15H,4-7,13H2,1H3,(H,16,17). The molecule has 9 heteroatoms. The zero-order valence-corrected chi connectivity index (χ0v) is 12.3. The molecule has 1 aromatic rings. The van der Waals surface area contributed by atoms with Crippen LogP contribution in [0.25, 0.3) is 0 Å². The summed E-state index contributed by atoms with van der Waals surface area (Å²) in [6.45, 7) is -0.454. The number of carbonyl (C=O) groups is 1. The number of benzene rings is 1. The Morgan fingerprint density at radius 3 is 2.57 bits per heavy atom. The highest BCUT2D eigenvalue weighted by atomic mass is 32.2. The Balaban J connectivity index is 3.32. The number of anilines is 1. The van der Waals surface area contributed by atoms with E-state index >= 15 is 0 Å². The number of sulfonamides is 1. The molecular weight excluding hydrogens is 300 g/mol. The number of hydrogen-bond acceptors (Lipinski definition) is 6. The van der Waals surface area contributed by atoms with Crippen LogP contribution in [-0.4, -0.2) is 62.3 Å². The molecular formula is C12H18N2O6S. The van der Waals surface area contributed by atoms with Gasteiger partial charge in [-0.15, -0.1) is 0 Å². The maximum atomic E-state index is 12.5. The lowest BCUT2D eigenvalue weighted by Crippen LogP contribution is -2.37. The van der Waals surface area contributed by atoms with Crippen molar-refractivity contribution in [3.05, 3.63) is 23.8 Å². The van der Waals surface area contributed by atoms with Gasteiger partial charge in [0.05, 0.1) is 23.7 Å². The molecule has 0 atom stereocenters. The molecule has 0 aliphatic carbocycles. The summed E-state index contributed by atoms with van der Waals surface area (Å²) < 4.78 is 30.9. The van der Waals surface area contributed by atoms with Crippen molar-refractivity contribution in [2.75, 3.05) is 39.1 Å². The van der Waals surface area contributed by atoms with Crippen LogP contribution in [0, 0.1) is 0 Å². The van der Waals surface area contributed by atoms with E-state index in [0.29, 0.717) is 0 Å². The summed E-state index contributed by atoms with van der Waals surface area (Å²) in [6, 6.07) is 3.54. The lowest BCUT2D eigenvalue weighted by Gasteiger charge is -2.22. The molecule has 0 spiro atoms. The van der Waals surface area contributed by atoms with Crippen LogP contribution in [0.4, 0.5) is 5.69 Å². The van der Waals surface area contributed by atoms with Gasteiger partial charge in [-0.2, -0.15) is 4.31 Å². The summed E-state index contributed by atoms with van der Waals surface area (Å²) in [5.74, 6) is -1.37. The Morgan fingerprint density at radius 2 is 2.05 bits per heavy atom. The number of methoxy groups -OCH3 is 1. The first kappa shape index (κ1) is 17.4. The summed E-state index contributed by atoms with van der Waals surface area (Å²) in [5, 5.41) is 18.1. The fourth-order valence-corrected chi connectivity index (χ4v) is 3.36. The maximum Gasteiger partial charge on any atom is 0.337 e. The summed E-state index contributed by atoms with van der Waals surface area (Å²) in [4.78, 5) is 10.8. The summed E-state index contributed by atoms with van der Waals surface area (Å²) >= 11 is 0. The van der Waals surface area contributed by atoms with E-state index in [2.05, 4.69) is 0 Å². The molecule has 0 unspecified atom stereocenters. The second kappa shape index (κ2) is 7.36. The third-order valence-electron chi connectivity index (χ3n) is 2.75. The highest BCUT2D eigenvalue weighted by Crippen LogP contribution is 2.23. The van der Waals surface area contributed by atoms with Crippen LogP contribution in [-0.2, 0) is 14.8 Å². The molecule has 0 bridgehead atoms. The molecule has 0 saturated carbocycles. The number of carboxylic acid groups (broad SMARTS) is 1. The first-order valence-corrected chi connectivity index (χ1v) is 7.51. The van der Waals surface area contributed by atoms with E-state index in [1.807, 2.05) is 0 Å². The van der Waals surface area contributed by atoms with E-state index in [9.17, 15) is 13.2 Å². The average Bonchev–Trinajstić information content (AvgIpc) is 2.42. The number of aliphatic hydroxyl groups excluding tert-OH is 1. The minimum Gasteiger partial charge on any atom is -0.478 e. The van der Waals surface area contributed by atoms with Gasteiger partial charge in [-0.1, -0.05) is 0 Å². The monoisotopic (exact) mass is 318 g/mol. The number of nitrogens with two attached hydrogens (primary N) is 1. The largest absolute Gasteiger partial charge is 0.478 e. The van der Waals surface area contributed by atoms with Crippen LogP contribution in [0.5, 0.6) is 0 Å². The lowest BCUT2D eigenvalue weighted by atomic mass is 10.2. The second-order valence-electron chi connectivity index (χ2n) is 4.18. The number of rotatable bonds is 8. The van der Waals surface area contributed by atoms with Crippen molar-refractivity contribution in [3.8, 4) is 0 Å². The van der Waals surface area contributed by atoms with E-state index < -0.39 is 27.5 Å². The fraction of sp³-hybridized carbons (Fsp3) is 0.417. The van der Waals surface area contributed by atoms with Gasteiger partial charge in [-0.25, -0.2) is 13.2 Å². The number of ether oxygens (including phenoxy) is 1. The SMILES string of the molecule is COCCN(CCO)S(=O)(=O)c1cc(N)ccc1C(=O)O. The number of carboxylic acids is 1. The molecule has 21 heavy (non-hydrogen) atoms. The molecule has 1 aromatic carbocycles. The van der Waals surface area contributed by atoms with Gasteiger partial charge in [-0.3, -0.25) is 0 Å². The molecule has 118 valence electrons. The molecule has 0 saturated heterocycles. The van der Waals surface area contributed by atoms with Crippen LogP contribution in [0.15, 0.2) is 23.1 Å². The van der Waals surface area contributed by atoms with E-state index in [1.165, 1.54) is 13.2 Å². The highest BCUT2D eigenvalue weighted by Gasteiger charge is 2.28. The summed E-state index contributed by atoms with van der Waals surface area (Å²) in [6.07, 6.45) is 0. The van der Waals surface area contributed by atoms with Crippen molar-refractivity contribution in [1.29, 1.82) is 0 Å². The zero-order chi connectivity index (χ0) is 16.0. The van der Waals surface area contributed by atoms with Crippen LogP contribution in [0.1, 0.15) is 10.4 Å². The van der Waals surface area contributed by atoms with Crippen LogP contribution in [0.2, 0.25) is 0 Å². The van der Waals surface area contributed by atoms with Crippen molar-refractivity contribution >= 4 is 21.7 Å². The topological polar surface area (TPSA) is 130 Å². The number of nitrogens with zero attached hydrogens (tertiary/aromatic N) is 1. The molecule has 0 aliphatic heterocycles. The Labute approximate surface area is 122 Å². The Kier molecular flexibility index (Phi) is 6.09. The van der Waals surface area contributed by atoms with Gasteiger partial charge in [0.25, 0.3) is 0 Å². The Bertz CT molecular complexity index is 602. The molecule has 4 N–H and O–H groups in total. The third-order valence-corrected chi connectivity index (χ3v) is 4.69. The number of aromatic carboxylic acids is 1. The van der Waals surface area contributed by atoms with Gasteiger partial charge < -0.3 is 20.7 Å². The summed E-state index contributed by atoms with van der Waals surface area (Å²) in [7, 11) is -2.69. The Hall–Kier alpha value is -1.68. The van der Waals surface area contributed by atoms with Gasteiger partial charge in [-0.05, 0) is 18.2 Å². The number of nitrogen functional groups attached to an aromatic ring is 1. The third kappa shape index (κ3) is 4.14. The molecule has 0 aliphatic rings. The first-order chi connectivity index (χ1) is 9.84. The molecule has 8 nitrogen and oxygen atoms in total. The second-order valence-corrected chi connectivity index (χ2v) is 6.09. The number of aliphatic hydroxyl groups is 1. The van der Waals surface area contributed by atoms with Crippen LogP contribution < -0.4 is 5.73 Å². The molecule has 0 aromatic heterocycles. The molecule has 0 heterocycles. The minimum atomic E-state index is -4.10. The molecule has 1 rings (SSSR count). The van der Waals surface area contributed by atoms with Crippen molar-refractivity contribution in [2.24, 2.45) is 0 Å². The van der Waals surface area contributed by atoms with Crippen LogP contribution >= 0.6 is 0 Å². The van der Waals surface area contributed by atoms with E-state index in [-0.39, 0.29) is 30.9 Å². The van der Waals surface area contributed by atoms with Crippen molar-refractivity contribution in [3.63, 3.8) is 0 Å². The normalized spacial score (nSPS) is 11.8. The fourth-order valence-electron chi connectivity index (χ4n) is 1.72. The predicted molar refractivity (Wildman–Crippen MR) is 75.5 cm³/mol. The zero-order valence-electron chi connectivity index (χ0n) is 11.5. The Morgan fingerprint density at radius 1 is 1.38 bits per heavy atom. The average molecular weight is 318 g/mol. The van der Waals surface area contributed by atoms with Crippen molar-refractivity contribution < 1.29 is 28.2 Å². The molecule has 0 amide bonds. The van der Waals surface area contributed by atoms with E-state index in [0.717, 1.165) is 16.4 Å². The molecule has 0 fully saturated rings. The number of hydrogen-bond donors (Lipinski definition) is 3. The van der Waals surface area contributed by atoms with Gasteiger partial charge in [0, 0.05) is 25.9 Å². The van der Waals surface area contributed by atoms with E-state index in [1.54, 1.807) is 0 Å². The van der Waals surface area contributed by atoms with Gasteiger partial charge in [0.15, 0.2) is 0 Å². The van der Waals surface area contributed by atoms with Gasteiger partial charge >= 0.3 is 5.97 Å². The van der Waals surface area contributed by atoms with Crippen LogP contribution in [0.3, 0.4) is 0 Å². The minimum absolute atomic E-state index is 0.00670. The van der Waals surface area contributed by atoms with Gasteiger partial charge in [0.1, 0.15) is 0 Å². The molecule has 0 radical (unpaired) electrons. The smallest absolute Gasteiger partial charge is 0.337 e. The van der Waals surface area contributed by atoms with E-state index in [4.69, 9.17) is 20.7 Å². The first-order valence-electron chi connectivity index (χ1n) is 6.07. The maximum absolute atomic E-state index is 12.5. The lowest BCUT2D eigenvalue weighted by molar-refractivity contribution is 0.0692. The van der Waals surface area contributed by atoms with Crippen molar-refractivity contribution in [2.45, 2.75) is 4.90 Å². The summed E-state index contributed by atoms with van der Waals surface area (Å²) in [5.41, 5.74) is 5.31. The quantitative estimate of drug-likeness (QED) is 0.556. The van der Waals surface area contributed by atoms with Gasteiger partial charge in [0.2, 0.25) is 10.0 Å². The predicted octanol–water partition coefficient (Wildman–Crippen LogP) is -0.404. The van der Waals surface area contributed by atoms with Crippen molar-refractivity contribution in [1.82, 2.24) is 4.31 Å².